The van der Waals surface area contributed by atoms with Crippen LogP contribution in [0.1, 0.15) is 29.6 Å². The molecule has 2 aromatic heterocycles. The number of piperidine rings is 1. The van der Waals surface area contributed by atoms with E-state index in [0.717, 1.165) is 64.0 Å². The molecule has 2 atom stereocenters. The van der Waals surface area contributed by atoms with Crippen LogP contribution in [-0.4, -0.2) is 94.3 Å². The third-order valence-corrected chi connectivity index (χ3v) is 6.38. The zero-order valence-electron chi connectivity index (χ0n) is 16.7. The summed E-state index contributed by atoms with van der Waals surface area (Å²) in [5.41, 5.74) is 1.54. The van der Waals surface area contributed by atoms with Crippen LogP contribution >= 0.6 is 0 Å². The maximum absolute atomic E-state index is 13.2. The van der Waals surface area contributed by atoms with E-state index in [1.165, 1.54) is 0 Å². The number of likely N-dealkylation sites (tertiary alicyclic amines) is 1. The Hall–Kier alpha value is -1.96. The fourth-order valence-electron chi connectivity index (χ4n) is 4.75. The van der Waals surface area contributed by atoms with E-state index in [9.17, 15) is 9.90 Å². The highest BCUT2D eigenvalue weighted by molar-refractivity contribution is 6.00. The monoisotopic (exact) mass is 385 g/mol. The van der Waals surface area contributed by atoms with Crippen molar-refractivity contribution in [1.82, 2.24) is 24.3 Å². The van der Waals surface area contributed by atoms with Crippen LogP contribution in [0.5, 0.6) is 0 Å². The van der Waals surface area contributed by atoms with Crippen molar-refractivity contribution in [3.05, 3.63) is 36.2 Å². The molecule has 4 heterocycles. The quantitative estimate of drug-likeness (QED) is 0.838. The average Bonchev–Trinajstić information content (AvgIpc) is 3.16. The van der Waals surface area contributed by atoms with E-state index < -0.39 is 0 Å². The maximum atomic E-state index is 13.2. The molecule has 2 aliphatic rings. The van der Waals surface area contributed by atoms with Gasteiger partial charge in [0.25, 0.3) is 5.91 Å². The number of hydrogen-bond donors (Lipinski definition) is 1. The third-order valence-electron chi connectivity index (χ3n) is 6.38. The number of carbonyl (C=O) groups excluding carboxylic acids is 1. The number of fused-ring (bicyclic) bond motifs is 1. The van der Waals surface area contributed by atoms with Gasteiger partial charge in [0.1, 0.15) is 0 Å². The largest absolute Gasteiger partial charge is 0.396 e. The van der Waals surface area contributed by atoms with Gasteiger partial charge in [-0.25, -0.2) is 4.52 Å². The zero-order chi connectivity index (χ0) is 19.5. The van der Waals surface area contributed by atoms with Crippen LogP contribution in [0.4, 0.5) is 0 Å². The van der Waals surface area contributed by atoms with Crippen LogP contribution < -0.4 is 0 Å². The molecule has 0 aliphatic carbocycles. The molecule has 1 N–H and O–H groups in total. The highest BCUT2D eigenvalue weighted by Crippen LogP contribution is 2.28. The first kappa shape index (κ1) is 19.4. The van der Waals surface area contributed by atoms with Crippen molar-refractivity contribution in [2.24, 2.45) is 5.92 Å². The summed E-state index contributed by atoms with van der Waals surface area (Å²) >= 11 is 0. The van der Waals surface area contributed by atoms with Gasteiger partial charge in [0.2, 0.25) is 0 Å². The van der Waals surface area contributed by atoms with Gasteiger partial charge in [-0.05, 0) is 44.4 Å². The van der Waals surface area contributed by atoms with Gasteiger partial charge in [-0.15, -0.1) is 0 Å². The lowest BCUT2D eigenvalue weighted by molar-refractivity contribution is 0.0218. The number of pyridine rings is 1. The SMILES string of the molecule is CN1CCN([C@@H]2CCN(C(=O)c3cnn4ccccc34)C[C@@H]2CCCO)CC1. The molecule has 28 heavy (non-hydrogen) atoms. The molecule has 2 saturated heterocycles. The Balaban J connectivity index is 1.48. The Labute approximate surface area is 166 Å². The molecule has 7 nitrogen and oxygen atoms in total. The van der Waals surface area contributed by atoms with Crippen LogP contribution in [0.15, 0.2) is 30.6 Å². The van der Waals surface area contributed by atoms with Crippen molar-refractivity contribution in [1.29, 1.82) is 0 Å². The minimum Gasteiger partial charge on any atom is -0.396 e. The topological polar surface area (TPSA) is 64.3 Å². The van der Waals surface area contributed by atoms with Crippen molar-refractivity contribution < 1.29 is 9.90 Å². The van der Waals surface area contributed by atoms with Crippen LogP contribution in [0.2, 0.25) is 0 Å². The third kappa shape index (κ3) is 3.92. The van der Waals surface area contributed by atoms with Crippen molar-refractivity contribution >= 4 is 11.4 Å². The summed E-state index contributed by atoms with van der Waals surface area (Å²) in [4.78, 5) is 20.2. The second kappa shape index (κ2) is 8.59. The number of likely N-dealkylation sites (N-methyl/N-ethyl adjacent to an activating group) is 1. The molecule has 4 rings (SSSR count). The molecule has 2 aliphatic heterocycles. The molecule has 0 spiro atoms. The second-order valence-electron chi connectivity index (χ2n) is 8.16. The number of carbonyl (C=O) groups is 1. The van der Waals surface area contributed by atoms with Crippen molar-refractivity contribution in [3.63, 3.8) is 0 Å². The Bertz CT molecular complexity index is 799. The van der Waals surface area contributed by atoms with Gasteiger partial charge in [0.05, 0.1) is 17.3 Å². The predicted octanol–water partition coefficient (Wildman–Crippen LogP) is 1.18. The minimum atomic E-state index is 0.0759. The van der Waals surface area contributed by atoms with E-state index >= 15 is 0 Å². The van der Waals surface area contributed by atoms with Gasteiger partial charge in [0, 0.05) is 58.1 Å². The van der Waals surface area contributed by atoms with E-state index in [4.69, 9.17) is 0 Å². The lowest BCUT2D eigenvalue weighted by atomic mass is 9.86. The first-order chi connectivity index (χ1) is 13.7. The Morgan fingerprint density at radius 2 is 2.04 bits per heavy atom. The zero-order valence-corrected chi connectivity index (χ0v) is 16.7. The summed E-state index contributed by atoms with van der Waals surface area (Å²) in [7, 11) is 2.18. The molecular formula is C21H31N5O2. The van der Waals surface area contributed by atoms with E-state index in [2.05, 4.69) is 21.9 Å². The maximum Gasteiger partial charge on any atom is 0.257 e. The fraction of sp³-hybridized carbons (Fsp3) is 0.619. The molecule has 1 amide bonds. The van der Waals surface area contributed by atoms with E-state index in [1.807, 2.05) is 29.3 Å². The van der Waals surface area contributed by atoms with Crippen LogP contribution in [0.25, 0.3) is 5.52 Å². The molecule has 0 unspecified atom stereocenters. The highest BCUT2D eigenvalue weighted by atomic mass is 16.3. The normalized spacial score (nSPS) is 24.7. The van der Waals surface area contributed by atoms with Crippen molar-refractivity contribution in [2.45, 2.75) is 25.3 Å². The van der Waals surface area contributed by atoms with E-state index in [-0.39, 0.29) is 12.5 Å². The molecule has 0 saturated carbocycles. The predicted molar refractivity (Wildman–Crippen MR) is 108 cm³/mol. The summed E-state index contributed by atoms with van der Waals surface area (Å²) < 4.78 is 1.76. The smallest absolute Gasteiger partial charge is 0.257 e. The van der Waals surface area contributed by atoms with E-state index in [0.29, 0.717) is 17.5 Å². The Morgan fingerprint density at radius 3 is 2.82 bits per heavy atom. The van der Waals surface area contributed by atoms with Crippen LogP contribution in [-0.2, 0) is 0 Å². The molecule has 152 valence electrons. The molecule has 0 aromatic carbocycles. The number of aromatic nitrogens is 2. The first-order valence-electron chi connectivity index (χ1n) is 10.4. The molecule has 0 bridgehead atoms. The molecule has 2 fully saturated rings. The van der Waals surface area contributed by atoms with Crippen LogP contribution in [0.3, 0.4) is 0 Å². The number of rotatable bonds is 5. The summed E-state index contributed by atoms with van der Waals surface area (Å²) in [6, 6.07) is 6.31. The van der Waals surface area contributed by atoms with E-state index in [1.54, 1.807) is 10.7 Å². The van der Waals surface area contributed by atoms with Gasteiger partial charge in [-0.2, -0.15) is 5.10 Å². The highest BCUT2D eigenvalue weighted by Gasteiger charge is 2.36. The fourth-order valence-corrected chi connectivity index (χ4v) is 4.75. The molecule has 2 aromatic rings. The van der Waals surface area contributed by atoms with Gasteiger partial charge in [-0.3, -0.25) is 9.69 Å². The van der Waals surface area contributed by atoms with Gasteiger partial charge in [-0.1, -0.05) is 6.07 Å². The van der Waals surface area contributed by atoms with Crippen LogP contribution in [0, 0.1) is 5.92 Å². The average molecular weight is 386 g/mol. The Morgan fingerprint density at radius 1 is 1.21 bits per heavy atom. The number of nitrogens with zero attached hydrogens (tertiary/aromatic N) is 5. The number of amides is 1. The van der Waals surface area contributed by atoms with Gasteiger partial charge in [0.15, 0.2) is 0 Å². The number of piperazine rings is 1. The first-order valence-corrected chi connectivity index (χ1v) is 10.4. The summed E-state index contributed by atoms with van der Waals surface area (Å²) in [6.45, 7) is 6.17. The Kier molecular flexibility index (Phi) is 5.94. The lowest BCUT2D eigenvalue weighted by Crippen LogP contribution is -2.56. The van der Waals surface area contributed by atoms with Crippen molar-refractivity contribution in [3.8, 4) is 0 Å². The standard InChI is InChI=1S/C21H31N5O2/c1-23-10-12-24(13-11-23)19-7-9-25(16-17(19)5-4-14-27)21(28)18-15-22-26-8-3-2-6-20(18)26/h2-3,6,8,15,17,19,27H,4-5,7,9-14,16H2,1H3/t17-,19+/m0/s1. The number of aliphatic hydroxyl groups excluding tert-OH is 1. The molecule has 7 heteroatoms. The molecule has 0 radical (unpaired) electrons. The second-order valence-corrected chi connectivity index (χ2v) is 8.16. The summed E-state index contributed by atoms with van der Waals surface area (Å²) in [5, 5.41) is 13.7. The minimum absolute atomic E-state index is 0.0759. The molecular weight excluding hydrogens is 354 g/mol. The lowest BCUT2D eigenvalue weighted by Gasteiger charge is -2.46. The summed E-state index contributed by atoms with van der Waals surface area (Å²) in [6.07, 6.45) is 6.33. The number of hydrogen-bond acceptors (Lipinski definition) is 5. The summed E-state index contributed by atoms with van der Waals surface area (Å²) in [5.74, 6) is 0.488. The van der Waals surface area contributed by atoms with Gasteiger partial charge < -0.3 is 14.9 Å². The van der Waals surface area contributed by atoms with Gasteiger partial charge >= 0.3 is 0 Å². The number of aliphatic hydroxyl groups is 1. The van der Waals surface area contributed by atoms with Crippen molar-refractivity contribution in [2.75, 3.05) is 52.9 Å².